The van der Waals surface area contributed by atoms with Crippen LogP contribution >= 0.6 is 0 Å². The molecule has 2 aliphatic heterocycles. The number of amides is 1. The van der Waals surface area contributed by atoms with E-state index in [9.17, 15) is 9.18 Å². The van der Waals surface area contributed by atoms with E-state index in [1.165, 1.54) is 6.07 Å². The average molecular weight is 290 g/mol. The van der Waals surface area contributed by atoms with Crippen LogP contribution in [-0.4, -0.2) is 30.4 Å². The van der Waals surface area contributed by atoms with Gasteiger partial charge in [-0.1, -0.05) is 6.07 Å². The first kappa shape index (κ1) is 14.5. The Morgan fingerprint density at radius 2 is 2.14 bits per heavy atom. The minimum absolute atomic E-state index is 0.133. The molecule has 3 rings (SSSR count). The summed E-state index contributed by atoms with van der Waals surface area (Å²) in [6.07, 6.45) is 3.92. The summed E-state index contributed by atoms with van der Waals surface area (Å²) in [6.45, 7) is 5.54. The molecule has 0 bridgehead atoms. The Labute approximate surface area is 125 Å². The third-order valence-corrected chi connectivity index (χ3v) is 5.11. The summed E-state index contributed by atoms with van der Waals surface area (Å²) in [5.41, 5.74) is 2.06. The Kier molecular flexibility index (Phi) is 3.98. The number of carbonyl (C=O) groups excluding carboxylic acids is 1. The van der Waals surface area contributed by atoms with Crippen molar-refractivity contribution in [3.63, 3.8) is 0 Å². The van der Waals surface area contributed by atoms with E-state index >= 15 is 0 Å². The standard InChI is InChI=1S/C17H23FN2O/c1-13-3-4-15(18)11-14(13)12-20-9-2-5-17(7-10-20)6-8-19-16(17)21/h3-4,11H,2,5-10,12H2,1H3,(H,19,21). The highest BCUT2D eigenvalue weighted by molar-refractivity contribution is 5.84. The third kappa shape index (κ3) is 2.95. The van der Waals surface area contributed by atoms with Gasteiger partial charge in [-0.25, -0.2) is 4.39 Å². The molecule has 1 aromatic rings. The summed E-state index contributed by atoms with van der Waals surface area (Å²) in [7, 11) is 0. The van der Waals surface area contributed by atoms with Crippen LogP contribution in [0.1, 0.15) is 36.8 Å². The van der Waals surface area contributed by atoms with Crippen LogP contribution in [0.3, 0.4) is 0 Å². The predicted octanol–water partition coefficient (Wildman–Crippen LogP) is 2.63. The number of hydrogen-bond donors (Lipinski definition) is 1. The van der Waals surface area contributed by atoms with Gasteiger partial charge in [0.1, 0.15) is 5.82 Å². The maximum atomic E-state index is 13.4. The van der Waals surface area contributed by atoms with Gasteiger partial charge in [-0.05, 0) is 69.0 Å². The lowest BCUT2D eigenvalue weighted by Crippen LogP contribution is -2.32. The first-order valence-electron chi connectivity index (χ1n) is 7.85. The summed E-state index contributed by atoms with van der Waals surface area (Å²) in [5, 5.41) is 2.98. The number of aryl methyl sites for hydroxylation is 1. The second-order valence-corrected chi connectivity index (χ2v) is 6.49. The Balaban J connectivity index is 1.68. The fourth-order valence-corrected chi connectivity index (χ4v) is 3.65. The Morgan fingerprint density at radius 3 is 2.90 bits per heavy atom. The number of carbonyl (C=O) groups is 1. The fourth-order valence-electron chi connectivity index (χ4n) is 3.65. The molecule has 114 valence electrons. The first-order valence-corrected chi connectivity index (χ1v) is 7.85. The van der Waals surface area contributed by atoms with Crippen molar-refractivity contribution in [3.05, 3.63) is 35.1 Å². The summed E-state index contributed by atoms with van der Waals surface area (Å²) >= 11 is 0. The molecule has 1 unspecified atom stereocenters. The van der Waals surface area contributed by atoms with Crippen molar-refractivity contribution in [3.8, 4) is 0 Å². The number of rotatable bonds is 2. The first-order chi connectivity index (χ1) is 10.1. The molecule has 1 amide bonds. The molecule has 0 aliphatic carbocycles. The number of benzene rings is 1. The van der Waals surface area contributed by atoms with E-state index in [1.807, 2.05) is 13.0 Å². The van der Waals surface area contributed by atoms with Gasteiger partial charge >= 0.3 is 0 Å². The van der Waals surface area contributed by atoms with Crippen LogP contribution in [0.2, 0.25) is 0 Å². The molecule has 1 aromatic carbocycles. The minimum atomic E-state index is -0.169. The lowest BCUT2D eigenvalue weighted by atomic mass is 9.79. The summed E-state index contributed by atoms with van der Waals surface area (Å²) in [5.74, 6) is 0.0725. The maximum Gasteiger partial charge on any atom is 0.226 e. The van der Waals surface area contributed by atoms with Crippen LogP contribution < -0.4 is 5.32 Å². The second-order valence-electron chi connectivity index (χ2n) is 6.49. The van der Waals surface area contributed by atoms with E-state index in [2.05, 4.69) is 10.2 Å². The molecule has 0 saturated carbocycles. The lowest BCUT2D eigenvalue weighted by molar-refractivity contribution is -0.128. The van der Waals surface area contributed by atoms with E-state index in [1.54, 1.807) is 6.07 Å². The quantitative estimate of drug-likeness (QED) is 0.908. The number of likely N-dealkylation sites (tertiary alicyclic amines) is 1. The topological polar surface area (TPSA) is 32.3 Å². The molecule has 4 heteroatoms. The predicted molar refractivity (Wildman–Crippen MR) is 80.3 cm³/mol. The largest absolute Gasteiger partial charge is 0.356 e. The number of halogens is 1. The van der Waals surface area contributed by atoms with Crippen molar-refractivity contribution in [1.82, 2.24) is 10.2 Å². The Bertz CT molecular complexity index is 546. The number of nitrogens with one attached hydrogen (secondary N) is 1. The molecule has 1 spiro atoms. The molecule has 3 nitrogen and oxygen atoms in total. The van der Waals surface area contributed by atoms with Gasteiger partial charge in [0.25, 0.3) is 0 Å². The van der Waals surface area contributed by atoms with Crippen molar-refractivity contribution >= 4 is 5.91 Å². The van der Waals surface area contributed by atoms with Crippen molar-refractivity contribution in [1.29, 1.82) is 0 Å². The van der Waals surface area contributed by atoms with Crippen molar-refractivity contribution in [2.45, 2.75) is 39.2 Å². The zero-order chi connectivity index (χ0) is 14.9. The summed E-state index contributed by atoms with van der Waals surface area (Å²) in [4.78, 5) is 14.5. The monoisotopic (exact) mass is 290 g/mol. The van der Waals surface area contributed by atoms with Gasteiger partial charge in [-0.2, -0.15) is 0 Å². The Hall–Kier alpha value is -1.42. The highest BCUT2D eigenvalue weighted by Gasteiger charge is 2.42. The van der Waals surface area contributed by atoms with Crippen molar-refractivity contribution in [2.75, 3.05) is 19.6 Å². The van der Waals surface area contributed by atoms with Crippen LogP contribution in [0.25, 0.3) is 0 Å². The fraction of sp³-hybridized carbons (Fsp3) is 0.588. The van der Waals surface area contributed by atoms with Crippen molar-refractivity contribution in [2.24, 2.45) is 5.41 Å². The molecule has 21 heavy (non-hydrogen) atoms. The van der Waals surface area contributed by atoms with Crippen LogP contribution in [0.15, 0.2) is 18.2 Å². The smallest absolute Gasteiger partial charge is 0.226 e. The van der Waals surface area contributed by atoms with Crippen LogP contribution in [-0.2, 0) is 11.3 Å². The van der Waals surface area contributed by atoms with Gasteiger partial charge in [0.15, 0.2) is 0 Å². The van der Waals surface area contributed by atoms with E-state index in [-0.39, 0.29) is 17.1 Å². The van der Waals surface area contributed by atoms with Gasteiger partial charge in [0, 0.05) is 13.1 Å². The zero-order valence-corrected chi connectivity index (χ0v) is 12.6. The molecule has 0 radical (unpaired) electrons. The summed E-state index contributed by atoms with van der Waals surface area (Å²) < 4.78 is 13.4. The van der Waals surface area contributed by atoms with E-state index in [4.69, 9.17) is 0 Å². The molecule has 2 saturated heterocycles. The van der Waals surface area contributed by atoms with Gasteiger partial charge < -0.3 is 5.32 Å². The number of hydrogen-bond acceptors (Lipinski definition) is 2. The van der Waals surface area contributed by atoms with E-state index in [0.717, 1.165) is 63.0 Å². The zero-order valence-electron chi connectivity index (χ0n) is 12.6. The molecule has 2 fully saturated rings. The minimum Gasteiger partial charge on any atom is -0.356 e. The van der Waals surface area contributed by atoms with E-state index in [0.29, 0.717) is 0 Å². The normalized spacial score (nSPS) is 26.9. The lowest BCUT2D eigenvalue weighted by Gasteiger charge is -2.25. The van der Waals surface area contributed by atoms with Crippen LogP contribution in [0.4, 0.5) is 4.39 Å². The molecular formula is C17H23FN2O. The van der Waals surface area contributed by atoms with Gasteiger partial charge in [0.2, 0.25) is 5.91 Å². The molecule has 0 aromatic heterocycles. The van der Waals surface area contributed by atoms with Crippen molar-refractivity contribution < 1.29 is 9.18 Å². The molecule has 2 heterocycles. The van der Waals surface area contributed by atoms with Crippen LogP contribution in [0, 0.1) is 18.2 Å². The molecule has 1 N–H and O–H groups in total. The Morgan fingerprint density at radius 1 is 1.29 bits per heavy atom. The molecule has 1 atom stereocenters. The molecular weight excluding hydrogens is 267 g/mol. The maximum absolute atomic E-state index is 13.4. The van der Waals surface area contributed by atoms with Gasteiger partial charge in [0.05, 0.1) is 5.41 Å². The van der Waals surface area contributed by atoms with E-state index < -0.39 is 0 Å². The molecule has 2 aliphatic rings. The average Bonchev–Trinajstić information content (AvgIpc) is 2.69. The van der Waals surface area contributed by atoms with Gasteiger partial charge in [-0.3, -0.25) is 9.69 Å². The highest BCUT2D eigenvalue weighted by atomic mass is 19.1. The van der Waals surface area contributed by atoms with Gasteiger partial charge in [-0.15, -0.1) is 0 Å². The second kappa shape index (κ2) is 5.76. The third-order valence-electron chi connectivity index (χ3n) is 5.11. The SMILES string of the molecule is Cc1ccc(F)cc1CN1CCCC2(CCNC2=O)CC1. The highest BCUT2D eigenvalue weighted by Crippen LogP contribution is 2.38. The summed E-state index contributed by atoms with van der Waals surface area (Å²) in [6, 6.07) is 4.99. The number of nitrogens with zero attached hydrogens (tertiary/aromatic N) is 1. The van der Waals surface area contributed by atoms with Crippen LogP contribution in [0.5, 0.6) is 0 Å².